The Hall–Kier alpha value is -1.03. The van der Waals surface area contributed by atoms with E-state index in [0.717, 1.165) is 0 Å². The van der Waals surface area contributed by atoms with E-state index >= 15 is 0 Å². The van der Waals surface area contributed by atoms with Crippen LogP contribution in [0.2, 0.25) is 0 Å². The van der Waals surface area contributed by atoms with E-state index in [9.17, 15) is 18.3 Å². The van der Waals surface area contributed by atoms with Crippen LogP contribution < -0.4 is 0 Å². The Morgan fingerprint density at radius 3 is 1.87 bits per heavy atom. The van der Waals surface area contributed by atoms with Gasteiger partial charge in [0.2, 0.25) is 0 Å². The van der Waals surface area contributed by atoms with Gasteiger partial charge in [0.25, 0.3) is 0 Å². The van der Waals surface area contributed by atoms with Crippen molar-refractivity contribution in [2.24, 2.45) is 0 Å². The number of halogens is 3. The van der Waals surface area contributed by atoms with Crippen molar-refractivity contribution in [1.29, 1.82) is 0 Å². The zero-order chi connectivity index (χ0) is 11.7. The highest BCUT2D eigenvalue weighted by Crippen LogP contribution is 2.24. The van der Waals surface area contributed by atoms with Gasteiger partial charge in [0.1, 0.15) is 0 Å². The molecular formula is C11H13F3O. The molecule has 4 heteroatoms. The Kier molecular flexibility index (Phi) is 3.09. The average molecular weight is 218 g/mol. The third kappa shape index (κ3) is 3.91. The van der Waals surface area contributed by atoms with E-state index in [1.54, 1.807) is 13.8 Å². The first-order valence-corrected chi connectivity index (χ1v) is 4.57. The molecule has 15 heavy (non-hydrogen) atoms. The van der Waals surface area contributed by atoms with Crippen LogP contribution in [0.3, 0.4) is 0 Å². The van der Waals surface area contributed by atoms with Crippen LogP contribution in [0.25, 0.3) is 0 Å². The minimum atomic E-state index is -4.18. The van der Waals surface area contributed by atoms with E-state index < -0.39 is 18.2 Å². The lowest BCUT2D eigenvalue weighted by Crippen LogP contribution is -2.16. The number of hydrogen-bond acceptors (Lipinski definition) is 1. The first kappa shape index (κ1) is 12.0. The van der Waals surface area contributed by atoms with E-state index in [1.807, 2.05) is 0 Å². The molecule has 0 amide bonds. The Labute approximate surface area is 86.5 Å². The lowest BCUT2D eigenvalue weighted by atomic mass is 9.97. The van der Waals surface area contributed by atoms with E-state index in [0.29, 0.717) is 5.56 Å². The fourth-order valence-corrected chi connectivity index (χ4v) is 1.26. The zero-order valence-corrected chi connectivity index (χ0v) is 8.60. The van der Waals surface area contributed by atoms with Gasteiger partial charge < -0.3 is 5.11 Å². The Balaban J connectivity index is 2.82. The van der Waals surface area contributed by atoms with Crippen LogP contribution >= 0.6 is 0 Å². The maximum Gasteiger partial charge on any atom is 0.393 e. The van der Waals surface area contributed by atoms with Crippen LogP contribution in [0.4, 0.5) is 13.2 Å². The quantitative estimate of drug-likeness (QED) is 0.809. The summed E-state index contributed by atoms with van der Waals surface area (Å²) in [5.74, 6) is 0. The van der Waals surface area contributed by atoms with Gasteiger partial charge in [-0.2, -0.15) is 13.2 Å². The van der Waals surface area contributed by atoms with Crippen molar-refractivity contribution in [1.82, 2.24) is 0 Å². The number of hydrogen-bond donors (Lipinski definition) is 1. The summed E-state index contributed by atoms with van der Waals surface area (Å²) in [5.41, 5.74) is -0.208. The molecule has 0 bridgehead atoms. The van der Waals surface area contributed by atoms with Gasteiger partial charge in [0, 0.05) is 0 Å². The Bertz CT molecular complexity index is 319. The van der Waals surface area contributed by atoms with Gasteiger partial charge in [-0.25, -0.2) is 0 Å². The second-order valence-corrected chi connectivity index (χ2v) is 4.05. The average Bonchev–Trinajstić information content (AvgIpc) is 2.00. The Morgan fingerprint density at radius 2 is 1.53 bits per heavy atom. The molecule has 0 fully saturated rings. The standard InChI is InChI=1S/C11H13F3O/c1-10(2,15)9-5-3-8(4-6-9)7-11(12,13)14/h3-6,15H,7H2,1-2H3. The van der Waals surface area contributed by atoms with Gasteiger partial charge >= 0.3 is 6.18 Å². The molecular weight excluding hydrogens is 205 g/mol. The summed E-state index contributed by atoms with van der Waals surface area (Å²) in [7, 11) is 0. The molecule has 0 aromatic heterocycles. The predicted molar refractivity (Wildman–Crippen MR) is 51.4 cm³/mol. The summed E-state index contributed by atoms with van der Waals surface area (Å²) in [6.45, 7) is 3.18. The molecule has 0 unspecified atom stereocenters. The van der Waals surface area contributed by atoms with Crippen molar-refractivity contribution in [3.63, 3.8) is 0 Å². The van der Waals surface area contributed by atoms with E-state index in [1.165, 1.54) is 24.3 Å². The summed E-state index contributed by atoms with van der Waals surface area (Å²) in [6.07, 6.45) is -5.12. The van der Waals surface area contributed by atoms with Crippen LogP contribution in [-0.2, 0) is 12.0 Å². The molecule has 84 valence electrons. The highest BCUT2D eigenvalue weighted by atomic mass is 19.4. The number of aliphatic hydroxyl groups is 1. The fraction of sp³-hybridized carbons (Fsp3) is 0.455. The van der Waals surface area contributed by atoms with Crippen LogP contribution in [0.5, 0.6) is 0 Å². The fourth-order valence-electron chi connectivity index (χ4n) is 1.26. The van der Waals surface area contributed by atoms with Gasteiger partial charge in [0.15, 0.2) is 0 Å². The second-order valence-electron chi connectivity index (χ2n) is 4.05. The first-order chi connectivity index (χ1) is 6.68. The molecule has 0 aliphatic carbocycles. The van der Waals surface area contributed by atoms with Crippen LogP contribution in [0.15, 0.2) is 24.3 Å². The van der Waals surface area contributed by atoms with Crippen molar-refractivity contribution < 1.29 is 18.3 Å². The van der Waals surface area contributed by atoms with Crippen LogP contribution in [0.1, 0.15) is 25.0 Å². The molecule has 0 aliphatic heterocycles. The Morgan fingerprint density at radius 1 is 1.07 bits per heavy atom. The van der Waals surface area contributed by atoms with Crippen molar-refractivity contribution in [2.45, 2.75) is 32.0 Å². The molecule has 1 nitrogen and oxygen atoms in total. The normalized spacial score (nSPS) is 12.9. The van der Waals surface area contributed by atoms with Crippen molar-refractivity contribution >= 4 is 0 Å². The molecule has 1 rings (SSSR count). The minimum absolute atomic E-state index is 0.204. The SMILES string of the molecule is CC(C)(O)c1ccc(CC(F)(F)F)cc1. The molecule has 1 aromatic carbocycles. The van der Waals surface area contributed by atoms with Gasteiger partial charge in [-0.05, 0) is 25.0 Å². The van der Waals surface area contributed by atoms with Crippen molar-refractivity contribution in [3.8, 4) is 0 Å². The molecule has 0 radical (unpaired) electrons. The monoisotopic (exact) mass is 218 g/mol. The number of alkyl halides is 3. The summed E-state index contributed by atoms with van der Waals surface area (Å²) in [5, 5.41) is 9.59. The highest BCUT2D eigenvalue weighted by Gasteiger charge is 2.27. The number of benzene rings is 1. The van der Waals surface area contributed by atoms with Crippen molar-refractivity contribution in [3.05, 3.63) is 35.4 Å². The largest absolute Gasteiger partial charge is 0.393 e. The lowest BCUT2D eigenvalue weighted by molar-refractivity contribution is -0.127. The second kappa shape index (κ2) is 3.85. The van der Waals surface area contributed by atoms with Gasteiger partial charge in [-0.15, -0.1) is 0 Å². The van der Waals surface area contributed by atoms with Crippen molar-refractivity contribution in [2.75, 3.05) is 0 Å². The minimum Gasteiger partial charge on any atom is -0.386 e. The van der Waals surface area contributed by atoms with E-state index in [4.69, 9.17) is 0 Å². The van der Waals surface area contributed by atoms with E-state index in [2.05, 4.69) is 0 Å². The summed E-state index contributed by atoms with van der Waals surface area (Å²) < 4.78 is 36.1. The zero-order valence-electron chi connectivity index (χ0n) is 8.60. The third-order valence-electron chi connectivity index (χ3n) is 2.06. The van der Waals surface area contributed by atoms with Gasteiger partial charge in [-0.1, -0.05) is 24.3 Å². The molecule has 0 atom stereocenters. The third-order valence-corrected chi connectivity index (χ3v) is 2.06. The lowest BCUT2D eigenvalue weighted by Gasteiger charge is -2.18. The van der Waals surface area contributed by atoms with Crippen LogP contribution in [0, 0.1) is 0 Å². The molecule has 1 aromatic rings. The molecule has 0 saturated heterocycles. The van der Waals surface area contributed by atoms with Gasteiger partial charge in [0.05, 0.1) is 12.0 Å². The molecule has 0 heterocycles. The maximum atomic E-state index is 12.0. The molecule has 0 spiro atoms. The summed E-state index contributed by atoms with van der Waals surface area (Å²) in [6, 6.07) is 5.81. The number of rotatable bonds is 2. The predicted octanol–water partition coefficient (Wildman–Crippen LogP) is 3.02. The maximum absolute atomic E-state index is 12.0. The van der Waals surface area contributed by atoms with Crippen LogP contribution in [-0.4, -0.2) is 11.3 Å². The molecule has 1 N–H and O–H groups in total. The molecule has 0 saturated carbocycles. The van der Waals surface area contributed by atoms with Gasteiger partial charge in [-0.3, -0.25) is 0 Å². The first-order valence-electron chi connectivity index (χ1n) is 4.57. The summed E-state index contributed by atoms with van der Waals surface area (Å²) in [4.78, 5) is 0. The van der Waals surface area contributed by atoms with E-state index in [-0.39, 0.29) is 5.56 Å². The molecule has 0 aliphatic rings. The highest BCUT2D eigenvalue weighted by molar-refractivity contribution is 5.26. The summed E-state index contributed by atoms with van der Waals surface area (Å²) >= 11 is 0. The smallest absolute Gasteiger partial charge is 0.386 e. The topological polar surface area (TPSA) is 20.2 Å².